The molecule has 1 heterocycles. The molecule has 0 radical (unpaired) electrons. The van der Waals surface area contributed by atoms with Crippen LogP contribution in [0.15, 0.2) is 18.2 Å². The molecule has 1 aromatic rings. The summed E-state index contributed by atoms with van der Waals surface area (Å²) < 4.78 is 19.1. The Bertz CT molecular complexity index is 721. The topological polar surface area (TPSA) is 64.6 Å². The first-order valence-electron chi connectivity index (χ1n) is 8.79. The van der Waals surface area contributed by atoms with Crippen molar-refractivity contribution in [3.05, 3.63) is 29.6 Å². The van der Waals surface area contributed by atoms with E-state index in [-0.39, 0.29) is 23.9 Å². The Morgan fingerprint density at radius 3 is 2.84 bits per heavy atom. The molecule has 0 spiro atoms. The Morgan fingerprint density at radius 1 is 1.36 bits per heavy atom. The fraction of sp³-hybridized carbons (Fsp3) is 0.500. The average molecular weight is 363 g/mol. The smallest absolute Gasteiger partial charge is 0.251 e. The molecule has 134 valence electrons. The lowest BCUT2D eigenvalue weighted by Crippen LogP contribution is -2.31. The van der Waals surface area contributed by atoms with E-state index >= 15 is 4.39 Å². The minimum atomic E-state index is -0.459. The summed E-state index contributed by atoms with van der Waals surface area (Å²) >= 11 is 1.01. The number of nitrogens with one attached hydrogen (secondary N) is 2. The van der Waals surface area contributed by atoms with Crippen LogP contribution in [0.3, 0.4) is 0 Å². The van der Waals surface area contributed by atoms with E-state index in [0.717, 1.165) is 49.4 Å². The molecule has 4 rings (SSSR count). The molecule has 0 aromatic heterocycles. The van der Waals surface area contributed by atoms with Crippen LogP contribution in [-0.2, 0) is 4.79 Å². The molecule has 3 aliphatic rings. The van der Waals surface area contributed by atoms with Gasteiger partial charge in [-0.05, 0) is 62.3 Å². The molecule has 1 saturated heterocycles. The zero-order chi connectivity index (χ0) is 17.4. The second-order valence-corrected chi connectivity index (χ2v) is 7.83. The molecule has 2 fully saturated rings. The summed E-state index contributed by atoms with van der Waals surface area (Å²) in [5.41, 5.74) is 1.58. The number of nitrogens with zero attached hydrogens (tertiary/aromatic N) is 1. The lowest BCUT2D eigenvalue weighted by Gasteiger charge is -2.25. The number of allylic oxidation sites excluding steroid dienone is 1. The molecule has 3 N–H and O–H groups in total. The largest absolute Gasteiger partial charge is 0.506 e. The lowest BCUT2D eigenvalue weighted by molar-refractivity contribution is -0.117. The quantitative estimate of drug-likeness (QED) is 0.702. The van der Waals surface area contributed by atoms with Gasteiger partial charge in [0.2, 0.25) is 0 Å². The van der Waals surface area contributed by atoms with E-state index in [2.05, 4.69) is 16.1 Å². The van der Waals surface area contributed by atoms with Crippen LogP contribution in [0, 0.1) is 11.7 Å². The number of rotatable bonds is 5. The Kier molecular flexibility index (Phi) is 4.60. The van der Waals surface area contributed by atoms with E-state index in [1.807, 2.05) is 0 Å². The van der Waals surface area contributed by atoms with Gasteiger partial charge in [-0.3, -0.25) is 13.8 Å². The second-order valence-electron chi connectivity index (χ2n) is 7.00. The van der Waals surface area contributed by atoms with Crippen molar-refractivity contribution in [3.63, 3.8) is 0 Å². The summed E-state index contributed by atoms with van der Waals surface area (Å²) in [6, 6.07) is 3.61. The van der Waals surface area contributed by atoms with Crippen molar-refractivity contribution >= 4 is 29.3 Å². The van der Waals surface area contributed by atoms with Crippen molar-refractivity contribution in [2.24, 2.45) is 5.92 Å². The number of carbonyl (C=O) groups is 1. The molecule has 1 amide bonds. The summed E-state index contributed by atoms with van der Waals surface area (Å²) in [6.45, 7) is 1.13. The normalized spacial score (nSPS) is 23.6. The third-order valence-electron chi connectivity index (χ3n) is 5.05. The highest BCUT2D eigenvalue weighted by Gasteiger charge is 2.29. The van der Waals surface area contributed by atoms with Gasteiger partial charge >= 0.3 is 0 Å². The first kappa shape index (κ1) is 16.7. The van der Waals surface area contributed by atoms with Gasteiger partial charge in [0, 0.05) is 11.6 Å². The molecule has 1 aliphatic heterocycles. The summed E-state index contributed by atoms with van der Waals surface area (Å²) in [7, 11) is 0. The number of amides is 1. The summed E-state index contributed by atoms with van der Waals surface area (Å²) in [5, 5.41) is 13.7. The van der Waals surface area contributed by atoms with Gasteiger partial charge in [-0.15, -0.1) is 0 Å². The maximum Gasteiger partial charge on any atom is 0.251 e. The van der Waals surface area contributed by atoms with E-state index in [9.17, 15) is 9.90 Å². The van der Waals surface area contributed by atoms with Gasteiger partial charge in [-0.1, -0.05) is 6.08 Å². The molecule has 1 saturated carbocycles. The number of carbonyl (C=O) groups excluding carboxylic acids is 1. The van der Waals surface area contributed by atoms with Crippen molar-refractivity contribution < 1.29 is 14.3 Å². The highest BCUT2D eigenvalue weighted by Crippen LogP contribution is 2.40. The number of benzene rings is 1. The van der Waals surface area contributed by atoms with Crippen molar-refractivity contribution in [2.75, 3.05) is 17.4 Å². The highest BCUT2D eigenvalue weighted by molar-refractivity contribution is 7.99. The molecule has 1 aromatic carbocycles. The molecule has 0 bridgehead atoms. The molecule has 1 unspecified atom stereocenters. The number of hydrogen-bond acceptors (Lipinski definition) is 5. The van der Waals surface area contributed by atoms with Crippen LogP contribution in [0.2, 0.25) is 0 Å². The minimum absolute atomic E-state index is 0.0325. The van der Waals surface area contributed by atoms with Crippen molar-refractivity contribution in [1.29, 1.82) is 0 Å². The first-order chi connectivity index (χ1) is 12.1. The minimum Gasteiger partial charge on any atom is -0.506 e. The van der Waals surface area contributed by atoms with E-state index in [0.29, 0.717) is 11.6 Å². The number of halogens is 1. The maximum absolute atomic E-state index is 15.0. The molecular formula is C18H22FN3O2S. The summed E-state index contributed by atoms with van der Waals surface area (Å²) in [4.78, 5) is 11.4. The van der Waals surface area contributed by atoms with Crippen molar-refractivity contribution in [1.82, 2.24) is 10.0 Å². The Balaban J connectivity index is 1.51. The van der Waals surface area contributed by atoms with Crippen LogP contribution in [-0.4, -0.2) is 30.1 Å². The maximum atomic E-state index is 15.0. The fourth-order valence-corrected chi connectivity index (χ4v) is 4.11. The monoisotopic (exact) mass is 363 g/mol. The third-order valence-corrected chi connectivity index (χ3v) is 5.90. The van der Waals surface area contributed by atoms with Crippen LogP contribution < -0.4 is 14.3 Å². The van der Waals surface area contributed by atoms with Gasteiger partial charge in [0.05, 0.1) is 12.1 Å². The number of hydrogen-bond donors (Lipinski definition) is 3. The van der Waals surface area contributed by atoms with Crippen LogP contribution in [0.25, 0.3) is 5.57 Å². The van der Waals surface area contributed by atoms with Crippen LogP contribution >= 0.6 is 12.1 Å². The zero-order valence-corrected chi connectivity index (χ0v) is 14.7. The molecule has 25 heavy (non-hydrogen) atoms. The van der Waals surface area contributed by atoms with E-state index in [1.54, 1.807) is 6.07 Å². The van der Waals surface area contributed by atoms with Crippen LogP contribution in [0.5, 0.6) is 5.75 Å². The van der Waals surface area contributed by atoms with Gasteiger partial charge in [-0.2, -0.15) is 0 Å². The van der Waals surface area contributed by atoms with Gasteiger partial charge < -0.3 is 10.4 Å². The van der Waals surface area contributed by atoms with Gasteiger partial charge in [0.25, 0.3) is 5.91 Å². The van der Waals surface area contributed by atoms with Crippen molar-refractivity contribution in [2.45, 2.75) is 38.1 Å². The van der Waals surface area contributed by atoms with Crippen LogP contribution in [0.4, 0.5) is 10.1 Å². The molecular weight excluding hydrogens is 341 g/mol. The first-order valence-corrected chi connectivity index (χ1v) is 9.56. The Hall–Kier alpha value is -1.73. The van der Waals surface area contributed by atoms with Gasteiger partial charge in [0.1, 0.15) is 18.0 Å². The second kappa shape index (κ2) is 6.88. The number of phenols is 1. The average Bonchev–Trinajstić information content (AvgIpc) is 3.34. The third kappa shape index (κ3) is 3.62. The predicted molar refractivity (Wildman–Crippen MR) is 97.5 cm³/mol. The molecule has 5 nitrogen and oxygen atoms in total. The summed E-state index contributed by atoms with van der Waals surface area (Å²) in [6.07, 6.45) is 7.49. The van der Waals surface area contributed by atoms with E-state index < -0.39 is 5.82 Å². The van der Waals surface area contributed by atoms with Crippen LogP contribution in [0.1, 0.15) is 37.7 Å². The van der Waals surface area contributed by atoms with Crippen molar-refractivity contribution in [3.8, 4) is 5.75 Å². The van der Waals surface area contributed by atoms with E-state index in [1.165, 1.54) is 23.2 Å². The fourth-order valence-electron chi connectivity index (χ4n) is 3.38. The lowest BCUT2D eigenvalue weighted by atomic mass is 9.90. The van der Waals surface area contributed by atoms with E-state index in [4.69, 9.17) is 0 Å². The summed E-state index contributed by atoms with van der Waals surface area (Å²) in [5.74, 6) is 0.0534. The zero-order valence-electron chi connectivity index (χ0n) is 13.9. The Labute approximate surface area is 150 Å². The molecule has 2 aliphatic carbocycles. The Morgan fingerprint density at radius 2 is 2.20 bits per heavy atom. The number of phenolic OH excluding ortho intramolecular Hbond substituents is 1. The number of aromatic hydroxyl groups is 1. The molecule has 7 heteroatoms. The SMILES string of the molecule is O=C1CN(c2c(O)ccc(C3=CCC(NCC4CC4)CC3)c2F)SN1. The van der Waals surface area contributed by atoms with Gasteiger partial charge in [0.15, 0.2) is 5.82 Å². The highest BCUT2D eigenvalue weighted by atomic mass is 32.2. The molecule has 1 atom stereocenters. The predicted octanol–water partition coefficient (Wildman–Crippen LogP) is 2.97. The van der Waals surface area contributed by atoms with Gasteiger partial charge in [-0.25, -0.2) is 4.39 Å². The number of anilines is 1. The standard InChI is InChI=1S/C18H22FN3O2S/c19-17-14(7-8-15(23)18(17)22-10-16(24)21-25-22)12-3-5-13(6-4-12)20-9-11-1-2-11/h3,7-8,11,13,20,23H,1-2,4-6,9-10H2,(H,21,24).